The maximum atomic E-state index is 3.83. The Morgan fingerprint density at radius 2 is 1.93 bits per heavy atom. The van der Waals surface area contributed by atoms with E-state index < -0.39 is 0 Å². The molecule has 0 aliphatic rings. The lowest BCUT2D eigenvalue weighted by Gasteiger charge is -2.12. The van der Waals surface area contributed by atoms with Gasteiger partial charge in [-0.1, -0.05) is 68.6 Å². The van der Waals surface area contributed by atoms with Crippen LogP contribution in [-0.2, 0) is 6.42 Å². The van der Waals surface area contributed by atoms with Crippen molar-refractivity contribution in [2.24, 2.45) is 5.92 Å². The Kier molecular flexibility index (Phi) is 4.62. The van der Waals surface area contributed by atoms with Gasteiger partial charge in [0.05, 0.1) is 0 Å². The first-order valence-electron chi connectivity index (χ1n) is 5.27. The molecule has 0 heterocycles. The van der Waals surface area contributed by atoms with E-state index in [1.165, 1.54) is 11.1 Å². The highest BCUT2D eigenvalue weighted by Crippen LogP contribution is 2.17. The second-order valence-electron chi connectivity index (χ2n) is 3.70. The second kappa shape index (κ2) is 6.02. The topological polar surface area (TPSA) is 0 Å². The molecule has 0 saturated heterocycles. The normalized spacial score (nSPS) is 13.3. The largest absolute Gasteiger partial charge is 0.0991 e. The number of rotatable bonds is 5. The summed E-state index contributed by atoms with van der Waals surface area (Å²) < 4.78 is 0. The third kappa shape index (κ3) is 3.59. The summed E-state index contributed by atoms with van der Waals surface area (Å²) in [4.78, 5) is 0. The molecule has 0 amide bonds. The molecule has 0 saturated carbocycles. The summed E-state index contributed by atoms with van der Waals surface area (Å²) in [6.45, 7) is 9.75. The van der Waals surface area contributed by atoms with Crippen molar-refractivity contribution in [3.8, 4) is 0 Å². The molecule has 0 spiro atoms. The van der Waals surface area contributed by atoms with Crippen LogP contribution in [0.4, 0.5) is 0 Å². The van der Waals surface area contributed by atoms with E-state index in [-0.39, 0.29) is 0 Å². The Morgan fingerprint density at radius 3 is 2.47 bits per heavy atom. The van der Waals surface area contributed by atoms with Crippen molar-refractivity contribution < 1.29 is 0 Å². The third-order valence-electron chi connectivity index (χ3n) is 2.50. The lowest BCUT2D eigenvalue weighted by Crippen LogP contribution is -2.01. The van der Waals surface area contributed by atoms with E-state index in [0.29, 0.717) is 5.92 Å². The fourth-order valence-corrected chi connectivity index (χ4v) is 1.66. The molecule has 0 aliphatic heterocycles. The van der Waals surface area contributed by atoms with Crippen LogP contribution in [0.1, 0.15) is 12.5 Å². The van der Waals surface area contributed by atoms with E-state index >= 15 is 0 Å². The van der Waals surface area contributed by atoms with Crippen molar-refractivity contribution in [3.63, 3.8) is 0 Å². The predicted molar refractivity (Wildman–Crippen MR) is 67.8 cm³/mol. The van der Waals surface area contributed by atoms with Gasteiger partial charge in [0.1, 0.15) is 0 Å². The fraction of sp³-hybridized carbons (Fsp3) is 0.200. The molecule has 78 valence electrons. The van der Waals surface area contributed by atoms with E-state index in [2.05, 4.69) is 44.3 Å². The van der Waals surface area contributed by atoms with Gasteiger partial charge < -0.3 is 0 Å². The summed E-state index contributed by atoms with van der Waals surface area (Å²) in [7, 11) is 0. The molecule has 0 bridgehead atoms. The van der Waals surface area contributed by atoms with Crippen LogP contribution < -0.4 is 0 Å². The second-order valence-corrected chi connectivity index (χ2v) is 3.70. The van der Waals surface area contributed by atoms with E-state index in [4.69, 9.17) is 0 Å². The van der Waals surface area contributed by atoms with Gasteiger partial charge in [0.25, 0.3) is 0 Å². The van der Waals surface area contributed by atoms with Gasteiger partial charge in [-0.15, -0.1) is 0 Å². The summed E-state index contributed by atoms with van der Waals surface area (Å²) in [5.74, 6) is 0.489. The highest BCUT2D eigenvalue weighted by Gasteiger charge is 2.05. The molecule has 0 aliphatic carbocycles. The summed E-state index contributed by atoms with van der Waals surface area (Å²) in [5.41, 5.74) is 2.61. The van der Waals surface area contributed by atoms with Gasteiger partial charge in [-0.25, -0.2) is 0 Å². The number of hydrogen-bond acceptors (Lipinski definition) is 0. The first kappa shape index (κ1) is 11.5. The monoisotopic (exact) mass is 198 g/mol. The Hall–Kier alpha value is -1.56. The smallest absolute Gasteiger partial charge is 0.0150 e. The maximum absolute atomic E-state index is 3.83. The van der Waals surface area contributed by atoms with Gasteiger partial charge in [-0.3, -0.25) is 0 Å². The minimum absolute atomic E-state index is 0.489. The Balaban J connectivity index is 2.70. The molecule has 0 aromatic heterocycles. The average Bonchev–Trinajstić information content (AvgIpc) is 2.27. The molecule has 0 radical (unpaired) electrons. The van der Waals surface area contributed by atoms with Gasteiger partial charge in [0.15, 0.2) is 0 Å². The van der Waals surface area contributed by atoms with E-state index in [1.54, 1.807) is 0 Å². The predicted octanol–water partition coefficient (Wildman–Crippen LogP) is 4.16. The summed E-state index contributed by atoms with van der Waals surface area (Å²) in [6.07, 6.45) is 6.81. The molecule has 1 aromatic carbocycles. The summed E-state index contributed by atoms with van der Waals surface area (Å²) in [6, 6.07) is 10.5. The van der Waals surface area contributed by atoms with Crippen molar-refractivity contribution in [2.45, 2.75) is 13.3 Å². The minimum Gasteiger partial charge on any atom is -0.0991 e. The van der Waals surface area contributed by atoms with Crippen LogP contribution in [0.25, 0.3) is 0 Å². The first-order valence-corrected chi connectivity index (χ1v) is 5.27. The SMILES string of the molecule is C=C/C=C(\C=C)C(C)Cc1ccccc1. The van der Waals surface area contributed by atoms with Crippen molar-refractivity contribution in [2.75, 3.05) is 0 Å². The van der Waals surface area contributed by atoms with Crippen LogP contribution >= 0.6 is 0 Å². The zero-order valence-electron chi connectivity index (χ0n) is 9.32. The number of hydrogen-bond donors (Lipinski definition) is 0. The van der Waals surface area contributed by atoms with Crippen LogP contribution in [-0.4, -0.2) is 0 Å². The molecular weight excluding hydrogens is 180 g/mol. The van der Waals surface area contributed by atoms with Gasteiger partial charge in [0, 0.05) is 0 Å². The Bertz CT molecular complexity index is 344. The van der Waals surface area contributed by atoms with Crippen LogP contribution in [0.15, 0.2) is 67.3 Å². The number of benzene rings is 1. The Labute approximate surface area is 92.6 Å². The summed E-state index contributed by atoms with van der Waals surface area (Å²) in [5, 5.41) is 0. The quantitative estimate of drug-likeness (QED) is 0.623. The van der Waals surface area contributed by atoms with E-state index in [0.717, 1.165) is 6.42 Å². The highest BCUT2D eigenvalue weighted by molar-refractivity contribution is 5.26. The minimum atomic E-state index is 0.489. The third-order valence-corrected chi connectivity index (χ3v) is 2.50. The number of allylic oxidation sites excluding steroid dienone is 4. The van der Waals surface area contributed by atoms with Crippen molar-refractivity contribution in [1.29, 1.82) is 0 Å². The van der Waals surface area contributed by atoms with Crippen molar-refractivity contribution in [1.82, 2.24) is 0 Å². The molecule has 0 nitrogen and oxygen atoms in total. The van der Waals surface area contributed by atoms with Gasteiger partial charge in [0.2, 0.25) is 0 Å². The average molecular weight is 198 g/mol. The standard InChI is InChI=1S/C15H18/c1-4-9-15(5-2)13(3)12-14-10-7-6-8-11-14/h4-11,13H,1-2,12H2,3H3/b15-9+. The van der Waals surface area contributed by atoms with Crippen LogP contribution in [0.3, 0.4) is 0 Å². The van der Waals surface area contributed by atoms with E-state index in [1.807, 2.05) is 24.3 Å². The molecule has 15 heavy (non-hydrogen) atoms. The van der Waals surface area contributed by atoms with Gasteiger partial charge in [-0.2, -0.15) is 0 Å². The summed E-state index contributed by atoms with van der Waals surface area (Å²) >= 11 is 0. The molecule has 1 aromatic rings. The van der Waals surface area contributed by atoms with E-state index in [9.17, 15) is 0 Å². The van der Waals surface area contributed by atoms with Gasteiger partial charge in [-0.05, 0) is 23.5 Å². The molecule has 1 unspecified atom stereocenters. The van der Waals surface area contributed by atoms with Gasteiger partial charge >= 0.3 is 0 Å². The molecule has 1 atom stereocenters. The molecule has 0 fully saturated rings. The van der Waals surface area contributed by atoms with Crippen molar-refractivity contribution in [3.05, 3.63) is 72.9 Å². The lowest BCUT2D eigenvalue weighted by atomic mass is 9.93. The molecule has 1 rings (SSSR count). The molecule has 0 N–H and O–H groups in total. The fourth-order valence-electron chi connectivity index (χ4n) is 1.66. The van der Waals surface area contributed by atoms with Crippen LogP contribution in [0.5, 0.6) is 0 Å². The van der Waals surface area contributed by atoms with Crippen molar-refractivity contribution >= 4 is 0 Å². The zero-order valence-corrected chi connectivity index (χ0v) is 9.32. The maximum Gasteiger partial charge on any atom is -0.0150 e. The Morgan fingerprint density at radius 1 is 1.27 bits per heavy atom. The zero-order chi connectivity index (χ0) is 11.1. The molecular formula is C15H18. The lowest BCUT2D eigenvalue weighted by molar-refractivity contribution is 0.694. The van der Waals surface area contributed by atoms with Crippen LogP contribution in [0.2, 0.25) is 0 Å². The molecule has 0 heteroatoms. The first-order chi connectivity index (χ1) is 7.27. The van der Waals surface area contributed by atoms with Crippen LogP contribution in [0, 0.1) is 5.92 Å². The highest BCUT2D eigenvalue weighted by atomic mass is 14.1.